The summed E-state index contributed by atoms with van der Waals surface area (Å²) in [6, 6.07) is -1.85. The minimum Gasteiger partial charge on any atom is -0.479 e. The summed E-state index contributed by atoms with van der Waals surface area (Å²) in [5.74, 6) is -6.66. The third-order valence-electron chi connectivity index (χ3n) is 10.9. The zero-order chi connectivity index (χ0) is 57.6. The van der Waals surface area contributed by atoms with Gasteiger partial charge in [0, 0.05) is 18.8 Å². The second-order valence-electron chi connectivity index (χ2n) is 16.3. The molecule has 0 aromatic heterocycles. The van der Waals surface area contributed by atoms with Crippen molar-refractivity contribution in [1.82, 2.24) is 5.32 Å². The molecular formula is C34H55N3O36S4. The number of oxime groups is 2. The maximum absolute atomic E-state index is 12.4. The summed E-state index contributed by atoms with van der Waals surface area (Å²) in [6.45, 7) is -0.232. The molecule has 77 heavy (non-hydrogen) atoms. The average Bonchev–Trinajstić information content (AvgIpc) is 3.32. The molecule has 1 amide bonds. The largest absolute Gasteiger partial charge is 0.479 e. The van der Waals surface area contributed by atoms with E-state index in [4.69, 9.17) is 61.2 Å². The van der Waals surface area contributed by atoms with E-state index in [0.29, 0.717) is 0 Å². The van der Waals surface area contributed by atoms with Crippen LogP contribution in [0.5, 0.6) is 0 Å². The Morgan fingerprint density at radius 3 is 1.62 bits per heavy atom. The smallest absolute Gasteiger partial charge is 0.397 e. The molecule has 10 unspecified atom stereocenters. The van der Waals surface area contributed by atoms with Crippen LogP contribution in [-0.2, 0) is 119 Å². The Hall–Kier alpha value is -3.37. The van der Waals surface area contributed by atoms with E-state index in [2.05, 4.69) is 33.4 Å². The lowest BCUT2D eigenvalue weighted by atomic mass is 9.89. The van der Waals surface area contributed by atoms with E-state index in [1.54, 1.807) is 0 Å². The fourth-order valence-corrected chi connectivity index (χ4v) is 9.17. The minimum atomic E-state index is -5.59. The lowest BCUT2D eigenvalue weighted by molar-refractivity contribution is -0.434. The van der Waals surface area contributed by atoms with E-state index < -0.39 is 198 Å². The highest BCUT2D eigenvalue weighted by atomic mass is 32.3. The Bertz CT molecular complexity index is 2300. The molecule has 446 valence electrons. The van der Waals surface area contributed by atoms with Crippen LogP contribution in [0.15, 0.2) is 10.3 Å². The number of carboxylic acid groups (broad SMARTS) is 2. The number of amides is 1. The molecule has 0 spiro atoms. The van der Waals surface area contributed by atoms with Crippen LogP contribution in [0.4, 0.5) is 0 Å². The molecule has 12 N–H and O–H groups in total. The lowest BCUT2D eigenvalue weighted by Crippen LogP contribution is -2.69. The van der Waals surface area contributed by atoms with E-state index in [9.17, 15) is 89.0 Å². The topological polar surface area (TPSA) is 561 Å². The van der Waals surface area contributed by atoms with Crippen LogP contribution in [-0.4, -0.2) is 260 Å². The van der Waals surface area contributed by atoms with Gasteiger partial charge in [-0.25, -0.2) is 27.4 Å². The SMILES string of the molecule is CC(=O)NC1[C@H](OC/C=N\OCCO/N=C\CO[C@H]2OC(COSOOO)[C@@H](OS(=O)(=O)O)C(O[C@H]3OC(C(=O)O)[C@H](C)C(O)C3O)C2C)OC(COS(=O)(=O)O)[C@H](OS(=O)(=O)O)[C@@H]1O[C@@H]1OC(C(=O)O)[C@@H](O)[C@H](O)C1O. The average molecular weight is 1210 g/mol. The van der Waals surface area contributed by atoms with E-state index in [0.717, 1.165) is 19.4 Å². The van der Waals surface area contributed by atoms with Gasteiger partial charge in [-0.15, -0.1) is 4.33 Å². The predicted octanol–water partition coefficient (Wildman–Crippen LogP) is -6.36. The van der Waals surface area contributed by atoms with Crippen LogP contribution in [0.25, 0.3) is 0 Å². The number of aliphatic hydroxyl groups excluding tert-OH is 5. The Labute approximate surface area is 439 Å². The number of aliphatic carboxylic acids is 2. The van der Waals surface area contributed by atoms with Gasteiger partial charge in [0.1, 0.15) is 61.0 Å². The molecule has 4 aliphatic heterocycles. The summed E-state index contributed by atoms with van der Waals surface area (Å²) in [5, 5.41) is 92.8. The first-order chi connectivity index (χ1) is 35.9. The van der Waals surface area contributed by atoms with Gasteiger partial charge >= 0.3 is 43.1 Å². The molecule has 0 aromatic rings. The van der Waals surface area contributed by atoms with Crippen molar-refractivity contribution in [2.75, 3.05) is 39.6 Å². The molecule has 0 aromatic carbocycles. The van der Waals surface area contributed by atoms with E-state index in [1.165, 1.54) is 13.8 Å². The van der Waals surface area contributed by atoms with Crippen molar-refractivity contribution in [3.8, 4) is 0 Å². The number of hydrogen-bond donors (Lipinski definition) is 12. The first kappa shape index (κ1) is 66.1. The van der Waals surface area contributed by atoms with Crippen LogP contribution in [0.2, 0.25) is 0 Å². The molecule has 0 bridgehead atoms. The number of rotatable bonds is 30. The summed E-state index contributed by atoms with van der Waals surface area (Å²) in [5.41, 5.74) is 0. The highest BCUT2D eigenvalue weighted by molar-refractivity contribution is 7.89. The fourth-order valence-electron chi connectivity index (χ4n) is 7.58. The molecule has 43 heteroatoms. The molecule has 20 atom stereocenters. The minimum absolute atomic E-state index is 0.0281. The van der Waals surface area contributed by atoms with Gasteiger partial charge in [-0.1, -0.05) is 29.2 Å². The third kappa shape index (κ3) is 20.3. The number of carbonyl (C=O) groups excluding carboxylic acids is 1. The first-order valence-corrected chi connectivity index (χ1v) is 26.5. The van der Waals surface area contributed by atoms with Crippen molar-refractivity contribution in [2.45, 2.75) is 131 Å². The van der Waals surface area contributed by atoms with Gasteiger partial charge in [0.15, 0.2) is 62.9 Å². The number of ether oxygens (including phenoxy) is 8. The zero-order valence-electron chi connectivity index (χ0n) is 39.6. The van der Waals surface area contributed by atoms with E-state index in [-0.39, 0.29) is 25.5 Å². The maximum Gasteiger partial charge on any atom is 0.397 e. The van der Waals surface area contributed by atoms with Gasteiger partial charge in [-0.05, 0) is 0 Å². The van der Waals surface area contributed by atoms with Crippen LogP contribution in [0, 0.1) is 11.8 Å². The van der Waals surface area contributed by atoms with Crippen LogP contribution in [0.1, 0.15) is 20.8 Å². The number of nitrogens with zero attached hydrogens (tertiary/aromatic N) is 2. The maximum atomic E-state index is 12.4. The van der Waals surface area contributed by atoms with Crippen molar-refractivity contribution in [3.63, 3.8) is 0 Å². The molecule has 4 aliphatic rings. The zero-order valence-corrected chi connectivity index (χ0v) is 42.9. The van der Waals surface area contributed by atoms with Gasteiger partial charge in [0.2, 0.25) is 5.91 Å². The number of hydrogen-bond acceptors (Lipinski definition) is 34. The van der Waals surface area contributed by atoms with Crippen LogP contribution >= 0.6 is 12.3 Å². The molecule has 4 fully saturated rings. The first-order valence-electron chi connectivity index (χ1n) is 21.7. The quantitative estimate of drug-likeness (QED) is 0.00795. The number of aliphatic hydroxyl groups is 5. The molecule has 0 aliphatic carbocycles. The normalized spacial score (nSPS) is 36.4. The van der Waals surface area contributed by atoms with E-state index in [1.807, 2.05) is 0 Å². The lowest BCUT2D eigenvalue weighted by Gasteiger charge is -2.47. The van der Waals surface area contributed by atoms with Gasteiger partial charge in [-0.2, -0.15) is 25.3 Å². The van der Waals surface area contributed by atoms with Gasteiger partial charge in [0.05, 0.1) is 51.1 Å². The van der Waals surface area contributed by atoms with Gasteiger partial charge in [-0.3, -0.25) is 22.6 Å². The predicted molar refractivity (Wildman–Crippen MR) is 235 cm³/mol. The second kappa shape index (κ2) is 29.9. The highest BCUT2D eigenvalue weighted by Crippen LogP contribution is 2.37. The fraction of sp³-hybridized carbons (Fsp3) is 0.853. The summed E-state index contributed by atoms with van der Waals surface area (Å²) in [7, 11) is -16.2. The second-order valence-corrected chi connectivity index (χ2v) is 20.0. The standard InChI is InChI=1S/C34H55N3O36S4/c1-12-18(39)21(42)33(67-24(12)29(44)45)66-23-13(2)31(64-15(10-62-74-73-72-48)25(23)70-76(52,53)54)58-6-4-35-60-8-9-61-36-5-7-59-32-17(37-14(3)38)27(68-34-22(43)19(40)20(41)28(69-34)30(46)47)26(71-77(55,56)57)16(65-32)11-63-75(49,50)51/h4-5,12-13,15-28,31-34,39-43,48H,6-11H2,1-3H3,(H,37,38)(H,44,45)(H,46,47)(H,49,50,51)(H,52,53,54)(H,55,56,57)/b35-4-,36-5-/t12-,13?,15?,16?,17?,18?,19+,20+,21?,22?,23?,24?,25-,26+,27-,28?,31+,32-,33+,34-/m1/s1. The number of nitrogens with one attached hydrogen (secondary N) is 1. The molecule has 4 heterocycles. The van der Waals surface area contributed by atoms with Crippen LogP contribution in [0.3, 0.4) is 0 Å². The molecular weight excluding hydrogens is 1150 g/mol. The monoisotopic (exact) mass is 1210 g/mol. The molecule has 0 saturated carbocycles. The molecule has 4 saturated heterocycles. The summed E-state index contributed by atoms with van der Waals surface area (Å²) in [6.07, 6.45) is -31.8. The highest BCUT2D eigenvalue weighted by Gasteiger charge is 2.56. The molecule has 0 radical (unpaired) electrons. The van der Waals surface area contributed by atoms with Crippen molar-refractivity contribution >= 4 is 73.8 Å². The summed E-state index contributed by atoms with van der Waals surface area (Å²) >= 11 is 0.0281. The molecule has 4 rings (SSSR count). The number of carbonyl (C=O) groups is 3. The van der Waals surface area contributed by atoms with Crippen molar-refractivity contribution in [1.29, 1.82) is 0 Å². The number of carboxylic acids is 2. The van der Waals surface area contributed by atoms with Crippen molar-refractivity contribution in [2.24, 2.45) is 22.1 Å². The Kier molecular flexibility index (Phi) is 25.7. The Morgan fingerprint density at radius 2 is 1.10 bits per heavy atom. The Morgan fingerprint density at radius 1 is 0.610 bits per heavy atom. The van der Waals surface area contributed by atoms with Crippen molar-refractivity contribution in [3.05, 3.63) is 0 Å². The van der Waals surface area contributed by atoms with Gasteiger partial charge < -0.3 is 88.6 Å². The van der Waals surface area contributed by atoms with Crippen LogP contribution < -0.4 is 5.32 Å². The third-order valence-corrected chi connectivity index (χ3v) is 12.7. The van der Waals surface area contributed by atoms with E-state index >= 15 is 0 Å². The molecule has 39 nitrogen and oxygen atoms in total. The van der Waals surface area contributed by atoms with Gasteiger partial charge in [0.25, 0.3) is 0 Å². The summed E-state index contributed by atoms with van der Waals surface area (Å²) < 4.78 is 167. The summed E-state index contributed by atoms with van der Waals surface area (Å²) in [4.78, 5) is 46.1. The Balaban J connectivity index is 1.39. The van der Waals surface area contributed by atoms with Crippen molar-refractivity contribution < 1.29 is 168 Å².